The second-order valence-electron chi connectivity index (χ2n) is 5.83. The van der Waals surface area contributed by atoms with Crippen LogP contribution in [0.2, 0.25) is 0 Å². The van der Waals surface area contributed by atoms with E-state index in [1.54, 1.807) is 44.1 Å². The molecule has 0 spiro atoms. The van der Waals surface area contributed by atoms with Crippen molar-refractivity contribution in [3.63, 3.8) is 0 Å². The highest BCUT2D eigenvalue weighted by Gasteiger charge is 2.22. The summed E-state index contributed by atoms with van der Waals surface area (Å²) in [6.45, 7) is 5.67. The van der Waals surface area contributed by atoms with E-state index in [1.807, 2.05) is 0 Å². The minimum atomic E-state index is -0.607. The molecule has 8 heteroatoms. The maximum atomic E-state index is 12.0. The van der Waals surface area contributed by atoms with Crippen LogP contribution in [0.5, 0.6) is 0 Å². The molecule has 23 heavy (non-hydrogen) atoms. The van der Waals surface area contributed by atoms with Gasteiger partial charge in [-0.05, 0) is 32.9 Å². The molecule has 122 valence electrons. The predicted octanol–water partition coefficient (Wildman–Crippen LogP) is 3.03. The van der Waals surface area contributed by atoms with E-state index in [0.717, 1.165) is 0 Å². The predicted molar refractivity (Wildman–Crippen MR) is 84.6 cm³/mol. The van der Waals surface area contributed by atoms with E-state index in [1.165, 1.54) is 29.4 Å². The van der Waals surface area contributed by atoms with Crippen molar-refractivity contribution in [2.75, 3.05) is 11.4 Å². The molecular weight excluding hydrogens is 300 g/mol. The number of carbonyl (C=O) groups excluding carboxylic acids is 1. The fraction of sp³-hybridized carbons (Fsp3) is 0.333. The monoisotopic (exact) mass is 318 g/mol. The number of ether oxygens (including phenoxy) is 1. The lowest BCUT2D eigenvalue weighted by Crippen LogP contribution is -2.30. The summed E-state index contributed by atoms with van der Waals surface area (Å²) in [5.41, 5.74) is -0.707. The summed E-state index contributed by atoms with van der Waals surface area (Å²) in [5.74, 6) is 0.212. The zero-order valence-electron chi connectivity index (χ0n) is 13.2. The molecule has 0 saturated carbocycles. The Hall–Kier alpha value is -2.90. The van der Waals surface area contributed by atoms with Crippen molar-refractivity contribution in [3.05, 3.63) is 53.1 Å². The molecule has 0 N–H and O–H groups in total. The van der Waals surface area contributed by atoms with E-state index < -0.39 is 16.6 Å². The van der Waals surface area contributed by atoms with Crippen LogP contribution >= 0.6 is 0 Å². The highest BCUT2D eigenvalue weighted by molar-refractivity contribution is 5.71. The Morgan fingerprint density at radius 2 is 2.09 bits per heavy atom. The van der Waals surface area contributed by atoms with Crippen molar-refractivity contribution in [3.8, 4) is 0 Å². The van der Waals surface area contributed by atoms with Gasteiger partial charge in [0.15, 0.2) is 0 Å². The average molecular weight is 318 g/mol. The summed E-state index contributed by atoms with van der Waals surface area (Å²) in [6, 6.07) is 2.89. The van der Waals surface area contributed by atoms with Crippen molar-refractivity contribution < 1.29 is 14.5 Å². The van der Waals surface area contributed by atoms with E-state index in [2.05, 4.69) is 4.98 Å². The first kappa shape index (κ1) is 16.5. The van der Waals surface area contributed by atoms with Crippen LogP contribution in [-0.4, -0.2) is 33.0 Å². The molecule has 8 nitrogen and oxygen atoms in total. The molecule has 1 amide bonds. The van der Waals surface area contributed by atoms with Crippen LogP contribution in [0.4, 0.5) is 16.3 Å². The Labute approximate surface area is 133 Å². The number of nitro groups is 1. The highest BCUT2D eigenvalue weighted by atomic mass is 16.6. The van der Waals surface area contributed by atoms with Gasteiger partial charge in [-0.15, -0.1) is 0 Å². The number of hydrogen-bond acceptors (Lipinski definition) is 6. The van der Waals surface area contributed by atoms with Gasteiger partial charge < -0.3 is 9.64 Å². The van der Waals surface area contributed by atoms with Crippen LogP contribution in [-0.2, 0) is 4.74 Å². The van der Waals surface area contributed by atoms with Gasteiger partial charge in [-0.1, -0.05) is 0 Å². The minimum Gasteiger partial charge on any atom is -0.443 e. The molecule has 1 aromatic rings. The molecule has 0 bridgehead atoms. The van der Waals surface area contributed by atoms with E-state index in [-0.39, 0.29) is 11.5 Å². The van der Waals surface area contributed by atoms with Gasteiger partial charge in [0.2, 0.25) is 5.82 Å². The standard InChI is InChI=1S/C15H18N4O4/c1-15(2,3)23-14(20)18-9-5-8-17(10-11-18)13-12(19(21)22)6-4-7-16-13/h4-7,9-11H,8H2,1-3H3. The Morgan fingerprint density at radius 3 is 2.74 bits per heavy atom. The van der Waals surface area contributed by atoms with Crippen molar-refractivity contribution >= 4 is 17.6 Å². The first-order valence-electron chi connectivity index (χ1n) is 7.00. The molecular formula is C15H18N4O4. The van der Waals surface area contributed by atoms with E-state index in [9.17, 15) is 14.9 Å². The van der Waals surface area contributed by atoms with Crippen LogP contribution in [0.3, 0.4) is 0 Å². The zero-order valence-corrected chi connectivity index (χ0v) is 13.2. The third-order valence-corrected chi connectivity index (χ3v) is 2.81. The lowest BCUT2D eigenvalue weighted by Gasteiger charge is -2.22. The highest BCUT2D eigenvalue weighted by Crippen LogP contribution is 2.26. The number of nitrogens with zero attached hydrogens (tertiary/aromatic N) is 4. The van der Waals surface area contributed by atoms with Gasteiger partial charge in [-0.25, -0.2) is 9.78 Å². The molecule has 2 rings (SSSR count). The third kappa shape index (κ3) is 4.29. The van der Waals surface area contributed by atoms with Gasteiger partial charge in [-0.2, -0.15) is 0 Å². The Bertz CT molecular complexity index is 664. The fourth-order valence-electron chi connectivity index (χ4n) is 1.88. The number of anilines is 1. The van der Waals surface area contributed by atoms with Gasteiger partial charge in [0.1, 0.15) is 5.60 Å². The molecule has 0 fully saturated rings. The van der Waals surface area contributed by atoms with Crippen LogP contribution in [0, 0.1) is 10.1 Å². The molecule has 0 radical (unpaired) electrons. The Morgan fingerprint density at radius 1 is 1.35 bits per heavy atom. The van der Waals surface area contributed by atoms with Crippen molar-refractivity contribution in [1.29, 1.82) is 0 Å². The molecule has 0 atom stereocenters. The van der Waals surface area contributed by atoms with Crippen LogP contribution in [0.15, 0.2) is 43.0 Å². The molecule has 0 aliphatic carbocycles. The summed E-state index contributed by atoms with van der Waals surface area (Å²) < 4.78 is 5.28. The SMILES string of the molecule is CC(C)(C)OC(=O)N1C=CCN(c2ncccc2[N+](=O)[O-])C=C1. The molecule has 0 aromatic carbocycles. The number of carbonyl (C=O) groups is 1. The second-order valence-corrected chi connectivity index (χ2v) is 5.83. The maximum Gasteiger partial charge on any atom is 0.418 e. The molecule has 1 aromatic heterocycles. The molecule has 0 saturated heterocycles. The number of aromatic nitrogens is 1. The summed E-state index contributed by atoms with van der Waals surface area (Å²) in [6.07, 6.45) is 7.25. The van der Waals surface area contributed by atoms with Gasteiger partial charge in [-0.3, -0.25) is 15.0 Å². The molecule has 1 aliphatic heterocycles. The molecule has 2 heterocycles. The summed E-state index contributed by atoms with van der Waals surface area (Å²) in [4.78, 5) is 29.6. The first-order chi connectivity index (χ1) is 10.8. The number of pyridine rings is 1. The Kier molecular flexibility index (Phi) is 4.63. The quantitative estimate of drug-likeness (QED) is 0.615. The maximum absolute atomic E-state index is 12.0. The largest absolute Gasteiger partial charge is 0.443 e. The number of rotatable bonds is 2. The van der Waals surface area contributed by atoms with E-state index >= 15 is 0 Å². The Balaban J connectivity index is 2.21. The van der Waals surface area contributed by atoms with Gasteiger partial charge in [0.25, 0.3) is 0 Å². The zero-order chi connectivity index (χ0) is 17.0. The first-order valence-corrected chi connectivity index (χ1v) is 7.00. The van der Waals surface area contributed by atoms with Gasteiger partial charge in [0.05, 0.1) is 4.92 Å². The number of amides is 1. The molecule has 1 aliphatic rings. The lowest BCUT2D eigenvalue weighted by atomic mass is 10.2. The average Bonchev–Trinajstić information content (AvgIpc) is 2.71. The summed E-state index contributed by atoms with van der Waals surface area (Å²) in [5, 5.41) is 11.1. The smallest absolute Gasteiger partial charge is 0.418 e. The summed E-state index contributed by atoms with van der Waals surface area (Å²) >= 11 is 0. The summed E-state index contributed by atoms with van der Waals surface area (Å²) in [7, 11) is 0. The van der Waals surface area contributed by atoms with Crippen molar-refractivity contribution in [2.45, 2.75) is 26.4 Å². The normalized spacial score (nSPS) is 14.6. The third-order valence-electron chi connectivity index (χ3n) is 2.81. The lowest BCUT2D eigenvalue weighted by molar-refractivity contribution is -0.384. The van der Waals surface area contributed by atoms with Gasteiger partial charge in [0, 0.05) is 37.4 Å². The van der Waals surface area contributed by atoms with Crippen molar-refractivity contribution in [1.82, 2.24) is 9.88 Å². The van der Waals surface area contributed by atoms with Crippen LogP contribution < -0.4 is 4.90 Å². The van der Waals surface area contributed by atoms with Crippen LogP contribution in [0.1, 0.15) is 20.8 Å². The number of hydrogen-bond donors (Lipinski definition) is 0. The van der Waals surface area contributed by atoms with Crippen molar-refractivity contribution in [2.24, 2.45) is 0 Å². The minimum absolute atomic E-state index is 0.101. The van der Waals surface area contributed by atoms with E-state index in [0.29, 0.717) is 6.54 Å². The van der Waals surface area contributed by atoms with Gasteiger partial charge >= 0.3 is 11.8 Å². The topological polar surface area (TPSA) is 88.8 Å². The van der Waals surface area contributed by atoms with Crippen LogP contribution in [0.25, 0.3) is 0 Å². The second kappa shape index (κ2) is 6.47. The fourth-order valence-corrected chi connectivity index (χ4v) is 1.88. The molecule has 0 unspecified atom stereocenters. The van der Waals surface area contributed by atoms with E-state index in [4.69, 9.17) is 4.74 Å².